The van der Waals surface area contributed by atoms with Crippen molar-refractivity contribution >= 4 is 44.9 Å². The fourth-order valence-corrected chi connectivity index (χ4v) is 4.71. The molecule has 1 atom stereocenters. The first-order valence-electron chi connectivity index (χ1n) is 8.74. The van der Waals surface area contributed by atoms with E-state index in [0.717, 1.165) is 46.9 Å². The van der Waals surface area contributed by atoms with E-state index in [-0.39, 0.29) is 0 Å². The molecule has 0 aliphatic heterocycles. The molecule has 0 amide bonds. The minimum atomic E-state index is 0.357. The van der Waals surface area contributed by atoms with E-state index in [0.29, 0.717) is 6.04 Å². The Balaban J connectivity index is 1.46. The van der Waals surface area contributed by atoms with Crippen LogP contribution < -0.4 is 5.32 Å². The lowest BCUT2D eigenvalue weighted by molar-refractivity contribution is 0.623. The van der Waals surface area contributed by atoms with Crippen LogP contribution in [0.15, 0.2) is 45.7 Å². The smallest absolute Gasteiger partial charge is 0.228 e. The second-order valence-corrected chi connectivity index (χ2v) is 8.39. The Hall–Kier alpha value is -1.86. The molecule has 1 aromatic carbocycles. The molecule has 3 aromatic rings. The number of thioether (sulfide) groups is 1. The number of halogens is 1. The van der Waals surface area contributed by atoms with Crippen molar-refractivity contribution in [3.63, 3.8) is 0 Å². The van der Waals surface area contributed by atoms with Crippen LogP contribution in [0, 0.1) is 0 Å². The van der Waals surface area contributed by atoms with Crippen LogP contribution in [-0.4, -0.2) is 31.9 Å². The summed E-state index contributed by atoms with van der Waals surface area (Å²) in [5, 5.41) is 8.81. The lowest BCUT2D eigenvalue weighted by Crippen LogP contribution is -2.25. The third-order valence-electron chi connectivity index (χ3n) is 5.24. The molecule has 0 bridgehead atoms. The van der Waals surface area contributed by atoms with Crippen molar-refractivity contribution in [1.82, 2.24) is 19.6 Å². The summed E-state index contributed by atoms with van der Waals surface area (Å²) in [6.45, 7) is 0. The topological polar surface area (TPSA) is 55.1 Å². The van der Waals surface area contributed by atoms with Crippen molar-refractivity contribution in [2.45, 2.75) is 36.9 Å². The molecular weight excluding hydrogens is 410 g/mol. The largest absolute Gasteiger partial charge is 0.351 e. The van der Waals surface area contributed by atoms with E-state index in [1.165, 1.54) is 16.7 Å². The standard InChI is InChI=1S/C19H18BrN5S/c1-26-19-23-17-16(20)10-21-25(17)18(24-19)22-13-7-6-12-8-11-4-2-3-5-14(11)15(12)9-13/h2-5,10,13H,6-9H2,1H3,(H,22,23,24)/t13-/m1/s1. The zero-order chi connectivity index (χ0) is 17.7. The summed E-state index contributed by atoms with van der Waals surface area (Å²) in [6, 6.07) is 9.17. The number of aromatic nitrogens is 4. The lowest BCUT2D eigenvalue weighted by Gasteiger charge is -2.26. The number of nitrogens with zero attached hydrogens (tertiary/aromatic N) is 4. The van der Waals surface area contributed by atoms with Gasteiger partial charge in [-0.05, 0) is 64.6 Å². The summed E-state index contributed by atoms with van der Waals surface area (Å²) in [7, 11) is 0. The Morgan fingerprint density at radius 2 is 2.15 bits per heavy atom. The molecule has 0 spiro atoms. The van der Waals surface area contributed by atoms with Gasteiger partial charge in [0.2, 0.25) is 5.95 Å². The van der Waals surface area contributed by atoms with E-state index in [1.807, 2.05) is 6.26 Å². The number of hydrogen-bond donors (Lipinski definition) is 1. The van der Waals surface area contributed by atoms with Crippen molar-refractivity contribution in [1.29, 1.82) is 0 Å². The van der Waals surface area contributed by atoms with Crippen LogP contribution >= 0.6 is 27.7 Å². The fraction of sp³-hybridized carbons (Fsp3) is 0.316. The van der Waals surface area contributed by atoms with Crippen molar-refractivity contribution in [2.24, 2.45) is 0 Å². The zero-order valence-corrected chi connectivity index (χ0v) is 16.8. The average molecular weight is 428 g/mol. The van der Waals surface area contributed by atoms with Gasteiger partial charge in [-0.2, -0.15) is 14.6 Å². The number of fused-ring (bicyclic) bond motifs is 3. The third-order valence-corrected chi connectivity index (χ3v) is 6.35. The van der Waals surface area contributed by atoms with E-state index < -0.39 is 0 Å². The molecule has 5 nitrogen and oxygen atoms in total. The average Bonchev–Trinajstić information content (AvgIpc) is 3.22. The first-order chi connectivity index (χ1) is 12.7. The van der Waals surface area contributed by atoms with Crippen molar-refractivity contribution in [2.75, 3.05) is 11.6 Å². The van der Waals surface area contributed by atoms with Crippen molar-refractivity contribution in [3.8, 4) is 0 Å². The Morgan fingerprint density at radius 1 is 1.27 bits per heavy atom. The van der Waals surface area contributed by atoms with Crippen LogP contribution in [0.2, 0.25) is 0 Å². The van der Waals surface area contributed by atoms with Crippen molar-refractivity contribution in [3.05, 3.63) is 51.6 Å². The van der Waals surface area contributed by atoms with Crippen molar-refractivity contribution < 1.29 is 0 Å². The van der Waals surface area contributed by atoms with Crippen LogP contribution in [0.3, 0.4) is 0 Å². The number of hydrogen-bond acceptors (Lipinski definition) is 5. The van der Waals surface area contributed by atoms with E-state index in [2.05, 4.69) is 60.6 Å². The van der Waals surface area contributed by atoms with E-state index in [9.17, 15) is 0 Å². The van der Waals surface area contributed by atoms with Gasteiger partial charge in [0, 0.05) is 6.04 Å². The van der Waals surface area contributed by atoms with Crippen LogP contribution in [0.4, 0.5) is 5.95 Å². The molecule has 5 rings (SSSR count). The summed E-state index contributed by atoms with van der Waals surface area (Å²) in [6.07, 6.45) is 8.19. The molecule has 1 N–H and O–H groups in total. The summed E-state index contributed by atoms with van der Waals surface area (Å²) >= 11 is 5.07. The lowest BCUT2D eigenvalue weighted by atomic mass is 9.88. The van der Waals surface area contributed by atoms with Gasteiger partial charge >= 0.3 is 0 Å². The Kier molecular flexibility index (Phi) is 4.01. The quantitative estimate of drug-likeness (QED) is 0.619. The highest BCUT2D eigenvalue weighted by molar-refractivity contribution is 9.10. The molecular formula is C19H18BrN5S. The molecule has 0 saturated heterocycles. The highest BCUT2D eigenvalue weighted by atomic mass is 79.9. The second-order valence-electron chi connectivity index (χ2n) is 6.76. The summed E-state index contributed by atoms with van der Waals surface area (Å²) < 4.78 is 2.67. The monoisotopic (exact) mass is 427 g/mol. The summed E-state index contributed by atoms with van der Waals surface area (Å²) in [5.74, 6) is 0.769. The molecule has 0 radical (unpaired) electrons. The van der Waals surface area contributed by atoms with E-state index in [1.54, 1.807) is 28.0 Å². The van der Waals surface area contributed by atoms with Gasteiger partial charge in [0.05, 0.1) is 10.7 Å². The predicted molar refractivity (Wildman–Crippen MR) is 109 cm³/mol. The van der Waals surface area contributed by atoms with Crippen LogP contribution in [0.5, 0.6) is 0 Å². The zero-order valence-electron chi connectivity index (χ0n) is 14.4. The Bertz CT molecular complexity index is 1040. The van der Waals surface area contributed by atoms with Gasteiger partial charge in [0.15, 0.2) is 10.8 Å². The second kappa shape index (κ2) is 6.39. The molecule has 0 fully saturated rings. The number of allylic oxidation sites excluding steroid dienone is 1. The first kappa shape index (κ1) is 16.3. The minimum absolute atomic E-state index is 0.357. The maximum absolute atomic E-state index is 4.66. The first-order valence-corrected chi connectivity index (χ1v) is 10.8. The fourth-order valence-electron chi connectivity index (χ4n) is 4.01. The van der Waals surface area contributed by atoms with Gasteiger partial charge in [0.1, 0.15) is 0 Å². The maximum atomic E-state index is 4.66. The molecule has 132 valence electrons. The SMILES string of the molecule is CSc1nc(N[C@@H]2CCC3=C(C2)c2ccccc2C3)n2ncc(Br)c2n1. The molecule has 0 saturated carbocycles. The van der Waals surface area contributed by atoms with E-state index in [4.69, 9.17) is 0 Å². The van der Waals surface area contributed by atoms with Gasteiger partial charge in [0.25, 0.3) is 0 Å². The normalized spacial score (nSPS) is 18.9. The maximum Gasteiger partial charge on any atom is 0.228 e. The molecule has 2 heterocycles. The molecule has 0 unspecified atom stereocenters. The van der Waals surface area contributed by atoms with Gasteiger partial charge < -0.3 is 5.32 Å². The summed E-state index contributed by atoms with van der Waals surface area (Å²) in [5.41, 5.74) is 6.86. The number of nitrogens with one attached hydrogen (secondary N) is 1. The summed E-state index contributed by atoms with van der Waals surface area (Å²) in [4.78, 5) is 9.21. The number of rotatable bonds is 3. The highest BCUT2D eigenvalue weighted by Gasteiger charge is 2.28. The van der Waals surface area contributed by atoms with Crippen LogP contribution in [0.25, 0.3) is 11.2 Å². The molecule has 2 aromatic heterocycles. The third kappa shape index (κ3) is 2.65. The van der Waals surface area contributed by atoms with Gasteiger partial charge in [-0.1, -0.05) is 41.6 Å². The van der Waals surface area contributed by atoms with E-state index >= 15 is 0 Å². The van der Waals surface area contributed by atoms with Gasteiger partial charge in [-0.25, -0.2) is 4.98 Å². The molecule has 26 heavy (non-hydrogen) atoms. The molecule has 7 heteroatoms. The minimum Gasteiger partial charge on any atom is -0.351 e. The molecule has 2 aliphatic rings. The number of anilines is 1. The van der Waals surface area contributed by atoms with Crippen LogP contribution in [0.1, 0.15) is 30.4 Å². The van der Waals surface area contributed by atoms with Gasteiger partial charge in [-0.3, -0.25) is 0 Å². The Labute approximate surface area is 164 Å². The molecule has 2 aliphatic carbocycles. The predicted octanol–water partition coefficient (Wildman–Crippen LogP) is 4.58. The number of benzene rings is 1. The Morgan fingerprint density at radius 3 is 3.04 bits per heavy atom. The highest BCUT2D eigenvalue weighted by Crippen LogP contribution is 2.42. The van der Waals surface area contributed by atoms with Gasteiger partial charge in [-0.15, -0.1) is 0 Å². The van der Waals surface area contributed by atoms with Crippen LogP contribution in [-0.2, 0) is 6.42 Å².